The molecule has 0 amide bonds. The normalized spacial score (nSPS) is 11.6. The number of rotatable bonds is 5. The summed E-state index contributed by atoms with van der Waals surface area (Å²) in [5, 5.41) is 10.7. The number of hydrogen-bond donors (Lipinski definition) is 1. The Bertz CT molecular complexity index is 446. The van der Waals surface area contributed by atoms with Crippen LogP contribution >= 0.6 is 0 Å². The molecular weight excluding hydrogens is 228 g/mol. The summed E-state index contributed by atoms with van der Waals surface area (Å²) in [6, 6.07) is 4.80. The van der Waals surface area contributed by atoms with Gasteiger partial charge in [-0.2, -0.15) is 0 Å². The maximum Gasteiger partial charge on any atom is 0.330 e. The quantitative estimate of drug-likeness (QED) is 0.257. The SMILES string of the molecule is N[C@@H](Cc1ccccc1[N+](=O)[O-])C(=O)OC=O. The van der Waals surface area contributed by atoms with Crippen molar-refractivity contribution in [1.29, 1.82) is 0 Å². The Balaban J connectivity index is 2.84. The van der Waals surface area contributed by atoms with E-state index in [1.165, 1.54) is 18.2 Å². The second kappa shape index (κ2) is 5.71. The van der Waals surface area contributed by atoms with Crippen molar-refractivity contribution >= 4 is 18.1 Å². The van der Waals surface area contributed by atoms with Gasteiger partial charge in [0, 0.05) is 18.1 Å². The van der Waals surface area contributed by atoms with Gasteiger partial charge in [-0.25, -0.2) is 4.79 Å². The number of carbonyl (C=O) groups excluding carboxylic acids is 2. The number of nitrogens with zero attached hydrogens (tertiary/aromatic N) is 1. The van der Waals surface area contributed by atoms with Crippen LogP contribution in [0.4, 0.5) is 5.69 Å². The maximum atomic E-state index is 11.1. The molecule has 0 radical (unpaired) electrons. The predicted molar refractivity (Wildman–Crippen MR) is 56.9 cm³/mol. The van der Waals surface area contributed by atoms with Gasteiger partial charge in [-0.15, -0.1) is 0 Å². The van der Waals surface area contributed by atoms with Crippen molar-refractivity contribution < 1.29 is 19.2 Å². The minimum absolute atomic E-state index is 0.0262. The molecule has 0 saturated carbocycles. The molecule has 0 fully saturated rings. The number of para-hydroxylation sites is 1. The molecule has 17 heavy (non-hydrogen) atoms. The Hall–Kier alpha value is -2.28. The van der Waals surface area contributed by atoms with Crippen molar-refractivity contribution in [2.24, 2.45) is 5.73 Å². The molecule has 90 valence electrons. The molecule has 1 atom stereocenters. The van der Waals surface area contributed by atoms with Gasteiger partial charge in [-0.3, -0.25) is 14.9 Å². The average Bonchev–Trinajstić information content (AvgIpc) is 2.29. The van der Waals surface area contributed by atoms with E-state index in [4.69, 9.17) is 5.73 Å². The molecule has 7 heteroatoms. The lowest BCUT2D eigenvalue weighted by molar-refractivity contribution is -0.385. The Morgan fingerprint density at radius 1 is 1.53 bits per heavy atom. The Kier molecular flexibility index (Phi) is 4.29. The van der Waals surface area contributed by atoms with Crippen molar-refractivity contribution in [2.75, 3.05) is 0 Å². The number of carbonyl (C=O) groups is 2. The van der Waals surface area contributed by atoms with Gasteiger partial charge in [0.2, 0.25) is 0 Å². The van der Waals surface area contributed by atoms with Crippen LogP contribution in [0.1, 0.15) is 5.56 Å². The van der Waals surface area contributed by atoms with Crippen LogP contribution in [0.2, 0.25) is 0 Å². The van der Waals surface area contributed by atoms with E-state index in [-0.39, 0.29) is 18.6 Å². The lowest BCUT2D eigenvalue weighted by Crippen LogP contribution is -2.34. The van der Waals surface area contributed by atoms with E-state index in [1.807, 2.05) is 0 Å². The Morgan fingerprint density at radius 3 is 2.76 bits per heavy atom. The zero-order valence-corrected chi connectivity index (χ0v) is 8.74. The molecule has 2 N–H and O–H groups in total. The summed E-state index contributed by atoms with van der Waals surface area (Å²) >= 11 is 0. The van der Waals surface area contributed by atoms with E-state index in [2.05, 4.69) is 4.74 Å². The Morgan fingerprint density at radius 2 is 2.18 bits per heavy atom. The van der Waals surface area contributed by atoms with Gasteiger partial charge in [0.15, 0.2) is 0 Å². The largest absolute Gasteiger partial charge is 0.394 e. The van der Waals surface area contributed by atoms with Gasteiger partial charge in [0.25, 0.3) is 5.69 Å². The number of ether oxygens (including phenoxy) is 1. The summed E-state index contributed by atoms with van der Waals surface area (Å²) in [7, 11) is 0. The number of esters is 1. The standard InChI is InChI=1S/C10H10N2O5/c11-8(10(14)17-6-13)5-7-3-1-2-4-9(7)12(15)16/h1-4,6,8H,5,11H2/t8-/m0/s1. The molecule has 0 saturated heterocycles. The summed E-state index contributed by atoms with van der Waals surface area (Å²) in [5.74, 6) is -0.918. The van der Waals surface area contributed by atoms with Crippen molar-refractivity contribution in [3.05, 3.63) is 39.9 Å². The van der Waals surface area contributed by atoms with Crippen LogP contribution in [-0.2, 0) is 20.7 Å². The second-order valence-electron chi connectivity index (χ2n) is 3.23. The number of nitrogens with two attached hydrogens (primary N) is 1. The third-order valence-electron chi connectivity index (χ3n) is 2.10. The van der Waals surface area contributed by atoms with E-state index in [0.29, 0.717) is 5.56 Å². The van der Waals surface area contributed by atoms with Crippen molar-refractivity contribution in [1.82, 2.24) is 0 Å². The van der Waals surface area contributed by atoms with Crippen LogP contribution < -0.4 is 5.73 Å². The van der Waals surface area contributed by atoms with E-state index < -0.39 is 16.9 Å². The van der Waals surface area contributed by atoms with E-state index in [9.17, 15) is 19.7 Å². The average molecular weight is 238 g/mol. The first kappa shape index (κ1) is 12.8. The molecule has 0 bridgehead atoms. The number of nitro benzene ring substituents is 1. The number of hydrogen-bond acceptors (Lipinski definition) is 6. The monoisotopic (exact) mass is 238 g/mol. The van der Waals surface area contributed by atoms with Gasteiger partial charge in [-0.05, 0) is 0 Å². The highest BCUT2D eigenvalue weighted by Gasteiger charge is 2.20. The van der Waals surface area contributed by atoms with Crippen LogP contribution in [0.5, 0.6) is 0 Å². The van der Waals surface area contributed by atoms with Crippen molar-refractivity contribution in [2.45, 2.75) is 12.5 Å². The summed E-state index contributed by atoms with van der Waals surface area (Å²) < 4.78 is 4.06. The van der Waals surface area contributed by atoms with Gasteiger partial charge in [0.05, 0.1) is 4.92 Å². The van der Waals surface area contributed by atoms with Crippen molar-refractivity contribution in [3.8, 4) is 0 Å². The third kappa shape index (κ3) is 3.35. The topological polar surface area (TPSA) is 113 Å². The van der Waals surface area contributed by atoms with Gasteiger partial charge in [-0.1, -0.05) is 18.2 Å². The highest BCUT2D eigenvalue weighted by molar-refractivity contribution is 5.81. The first-order chi connectivity index (χ1) is 8.06. The van der Waals surface area contributed by atoms with Crippen LogP contribution in [0.25, 0.3) is 0 Å². The van der Waals surface area contributed by atoms with E-state index in [1.54, 1.807) is 6.07 Å². The molecule has 0 aliphatic heterocycles. The van der Waals surface area contributed by atoms with Gasteiger partial charge in [0.1, 0.15) is 6.04 Å². The van der Waals surface area contributed by atoms with E-state index >= 15 is 0 Å². The molecule has 0 aromatic heterocycles. The molecule has 0 unspecified atom stereocenters. The number of nitro groups is 1. The van der Waals surface area contributed by atoms with Gasteiger partial charge < -0.3 is 10.5 Å². The number of benzene rings is 1. The highest BCUT2D eigenvalue weighted by Crippen LogP contribution is 2.18. The Labute approximate surface area is 96.3 Å². The molecule has 1 aromatic carbocycles. The fraction of sp³-hybridized carbons (Fsp3) is 0.200. The minimum Gasteiger partial charge on any atom is -0.394 e. The van der Waals surface area contributed by atoms with Gasteiger partial charge >= 0.3 is 12.4 Å². The lowest BCUT2D eigenvalue weighted by atomic mass is 10.0. The van der Waals surface area contributed by atoms with E-state index in [0.717, 1.165) is 0 Å². The molecular formula is C10H10N2O5. The molecule has 0 aliphatic rings. The minimum atomic E-state index is -1.11. The van der Waals surface area contributed by atoms with Crippen molar-refractivity contribution in [3.63, 3.8) is 0 Å². The predicted octanol–water partition coefficient (Wildman–Crippen LogP) is 0.164. The summed E-state index contributed by atoms with van der Waals surface area (Å²) in [6.45, 7) is -0.0262. The summed E-state index contributed by atoms with van der Waals surface area (Å²) in [5.41, 5.74) is 5.64. The molecule has 0 heterocycles. The molecule has 0 spiro atoms. The molecule has 7 nitrogen and oxygen atoms in total. The fourth-order valence-electron chi connectivity index (χ4n) is 1.32. The summed E-state index contributed by atoms with van der Waals surface area (Å²) in [4.78, 5) is 31.1. The first-order valence-electron chi connectivity index (χ1n) is 4.68. The van der Waals surface area contributed by atoms with Crippen LogP contribution in [0.3, 0.4) is 0 Å². The zero-order valence-electron chi connectivity index (χ0n) is 8.74. The van der Waals surface area contributed by atoms with Crippen LogP contribution in [0.15, 0.2) is 24.3 Å². The molecule has 1 rings (SSSR count). The fourth-order valence-corrected chi connectivity index (χ4v) is 1.32. The first-order valence-corrected chi connectivity index (χ1v) is 4.68. The molecule has 0 aliphatic carbocycles. The molecule has 1 aromatic rings. The second-order valence-corrected chi connectivity index (χ2v) is 3.23. The van der Waals surface area contributed by atoms with Crippen LogP contribution in [-0.4, -0.2) is 23.4 Å². The summed E-state index contributed by atoms with van der Waals surface area (Å²) in [6.07, 6.45) is -0.0656. The third-order valence-corrected chi connectivity index (χ3v) is 2.10. The smallest absolute Gasteiger partial charge is 0.330 e. The highest BCUT2D eigenvalue weighted by atomic mass is 16.6. The zero-order chi connectivity index (χ0) is 12.8. The maximum absolute atomic E-state index is 11.1. The van der Waals surface area contributed by atoms with Crippen LogP contribution in [0, 0.1) is 10.1 Å². The lowest BCUT2D eigenvalue weighted by Gasteiger charge is -2.08.